The number of benzene rings is 1. The van der Waals surface area contributed by atoms with Gasteiger partial charge in [-0.1, -0.05) is 56.0 Å². The van der Waals surface area contributed by atoms with E-state index in [1.54, 1.807) is 0 Å². The number of aliphatic carboxylic acids is 1. The molecule has 23 heavy (non-hydrogen) atoms. The molecule has 2 N–H and O–H groups in total. The number of ether oxygens (including phenoxy) is 1. The lowest BCUT2D eigenvalue weighted by Gasteiger charge is -2.25. The highest BCUT2D eigenvalue weighted by atomic mass is 16.5. The molecule has 0 radical (unpaired) electrons. The van der Waals surface area contributed by atoms with Crippen molar-refractivity contribution in [2.75, 3.05) is 0 Å². The fourth-order valence-electron chi connectivity index (χ4n) is 3.15. The quantitative estimate of drug-likeness (QED) is 0.783. The number of rotatable bonds is 6. The highest BCUT2D eigenvalue weighted by Crippen LogP contribution is 2.27. The third-order valence-electron chi connectivity index (χ3n) is 4.38. The van der Waals surface area contributed by atoms with Crippen LogP contribution in [0.15, 0.2) is 30.3 Å². The van der Waals surface area contributed by atoms with Crippen molar-refractivity contribution < 1.29 is 19.4 Å². The van der Waals surface area contributed by atoms with E-state index in [1.807, 2.05) is 30.3 Å². The van der Waals surface area contributed by atoms with Gasteiger partial charge in [-0.2, -0.15) is 0 Å². The van der Waals surface area contributed by atoms with Gasteiger partial charge in [0, 0.05) is 6.04 Å². The molecule has 0 heterocycles. The van der Waals surface area contributed by atoms with E-state index in [2.05, 4.69) is 5.32 Å². The first-order chi connectivity index (χ1) is 11.1. The lowest BCUT2D eigenvalue weighted by Crippen LogP contribution is -2.42. The molecule has 1 aliphatic carbocycles. The maximum atomic E-state index is 12.0. The first-order valence-electron chi connectivity index (χ1n) is 8.34. The average molecular weight is 319 g/mol. The van der Waals surface area contributed by atoms with Crippen LogP contribution in [-0.2, 0) is 16.1 Å². The summed E-state index contributed by atoms with van der Waals surface area (Å²) in [4.78, 5) is 23.1. The zero-order valence-corrected chi connectivity index (χ0v) is 13.4. The van der Waals surface area contributed by atoms with Gasteiger partial charge in [0.1, 0.15) is 6.61 Å². The zero-order chi connectivity index (χ0) is 16.5. The smallest absolute Gasteiger partial charge is 0.407 e. The Morgan fingerprint density at radius 2 is 1.78 bits per heavy atom. The fraction of sp³-hybridized carbons (Fsp3) is 0.556. The van der Waals surface area contributed by atoms with Crippen molar-refractivity contribution in [2.24, 2.45) is 5.92 Å². The van der Waals surface area contributed by atoms with Crippen molar-refractivity contribution in [3.63, 3.8) is 0 Å². The van der Waals surface area contributed by atoms with Crippen LogP contribution in [0.5, 0.6) is 0 Å². The second-order valence-corrected chi connectivity index (χ2v) is 6.16. The van der Waals surface area contributed by atoms with Crippen LogP contribution in [0.2, 0.25) is 0 Å². The molecule has 1 atom stereocenters. The van der Waals surface area contributed by atoms with Gasteiger partial charge >= 0.3 is 12.1 Å². The first kappa shape index (κ1) is 17.3. The molecule has 2 rings (SSSR count). The lowest BCUT2D eigenvalue weighted by molar-refractivity contribution is -0.137. The Hall–Kier alpha value is -2.04. The molecular formula is C18H25NO4. The van der Waals surface area contributed by atoms with E-state index in [1.165, 1.54) is 12.8 Å². The summed E-state index contributed by atoms with van der Waals surface area (Å²) in [5.41, 5.74) is 0.909. The number of carbonyl (C=O) groups is 2. The molecule has 0 bridgehead atoms. The molecule has 1 aromatic carbocycles. The molecule has 0 aromatic heterocycles. The number of carboxylic acid groups (broad SMARTS) is 1. The van der Waals surface area contributed by atoms with Crippen molar-refractivity contribution in [2.45, 2.75) is 57.6 Å². The molecule has 0 saturated heterocycles. The Morgan fingerprint density at radius 3 is 2.39 bits per heavy atom. The monoisotopic (exact) mass is 319 g/mol. The number of amides is 1. The maximum Gasteiger partial charge on any atom is 0.407 e. The summed E-state index contributed by atoms with van der Waals surface area (Å²) in [7, 11) is 0. The summed E-state index contributed by atoms with van der Waals surface area (Å²) in [5.74, 6) is -0.666. The summed E-state index contributed by atoms with van der Waals surface area (Å²) >= 11 is 0. The molecule has 0 spiro atoms. The van der Waals surface area contributed by atoms with Crippen LogP contribution in [-0.4, -0.2) is 23.2 Å². The second-order valence-electron chi connectivity index (χ2n) is 6.16. The van der Waals surface area contributed by atoms with Gasteiger partial charge in [0.2, 0.25) is 0 Å². The third-order valence-corrected chi connectivity index (χ3v) is 4.38. The van der Waals surface area contributed by atoms with E-state index in [4.69, 9.17) is 9.84 Å². The molecule has 5 nitrogen and oxygen atoms in total. The van der Waals surface area contributed by atoms with E-state index >= 15 is 0 Å². The van der Waals surface area contributed by atoms with Gasteiger partial charge in [0.05, 0.1) is 6.42 Å². The number of hydrogen-bond donors (Lipinski definition) is 2. The molecule has 0 unspecified atom stereocenters. The molecule has 1 aliphatic rings. The normalized spacial score (nSPS) is 17.0. The van der Waals surface area contributed by atoms with Crippen molar-refractivity contribution in [1.29, 1.82) is 0 Å². The molecule has 1 aromatic rings. The molecule has 1 fully saturated rings. The highest BCUT2D eigenvalue weighted by Gasteiger charge is 2.26. The minimum Gasteiger partial charge on any atom is -0.481 e. The summed E-state index contributed by atoms with van der Waals surface area (Å²) in [5, 5.41) is 11.9. The van der Waals surface area contributed by atoms with Crippen LogP contribution in [0.1, 0.15) is 50.5 Å². The largest absolute Gasteiger partial charge is 0.481 e. The fourth-order valence-corrected chi connectivity index (χ4v) is 3.15. The maximum absolute atomic E-state index is 12.0. The molecule has 126 valence electrons. The molecule has 1 saturated carbocycles. The van der Waals surface area contributed by atoms with Crippen molar-refractivity contribution in [3.05, 3.63) is 35.9 Å². The topological polar surface area (TPSA) is 75.6 Å². The van der Waals surface area contributed by atoms with Crippen LogP contribution in [0.4, 0.5) is 4.79 Å². The highest BCUT2D eigenvalue weighted by molar-refractivity contribution is 5.71. The molecular weight excluding hydrogens is 294 g/mol. The number of alkyl carbamates (subject to hydrolysis) is 1. The summed E-state index contributed by atoms with van der Waals surface area (Å²) in [6.45, 7) is 0.192. The Kier molecular flexibility index (Phi) is 6.91. The van der Waals surface area contributed by atoms with E-state index < -0.39 is 12.1 Å². The van der Waals surface area contributed by atoms with Crippen LogP contribution in [0.3, 0.4) is 0 Å². The van der Waals surface area contributed by atoms with Crippen LogP contribution in [0, 0.1) is 5.92 Å². The van der Waals surface area contributed by atoms with Gasteiger partial charge in [-0.25, -0.2) is 4.79 Å². The Bertz CT molecular complexity index is 495. The van der Waals surface area contributed by atoms with Crippen LogP contribution in [0.25, 0.3) is 0 Å². The van der Waals surface area contributed by atoms with E-state index in [0.717, 1.165) is 31.2 Å². The van der Waals surface area contributed by atoms with Gasteiger partial charge in [-0.3, -0.25) is 4.79 Å². The minimum absolute atomic E-state index is 0.0505. The second kappa shape index (κ2) is 9.18. The number of carboxylic acids is 1. The predicted octanol–water partition coefficient (Wildman–Crippen LogP) is 3.73. The Labute approximate surface area is 137 Å². The molecule has 0 aliphatic heterocycles. The Balaban J connectivity index is 1.88. The third kappa shape index (κ3) is 6.30. The Morgan fingerprint density at radius 1 is 1.13 bits per heavy atom. The van der Waals surface area contributed by atoms with E-state index in [9.17, 15) is 9.59 Å². The van der Waals surface area contributed by atoms with Crippen LogP contribution < -0.4 is 5.32 Å². The average Bonchev–Trinajstić information content (AvgIpc) is 2.82. The standard InChI is InChI=1S/C18H25NO4/c20-17(21)12-16(15-10-6-1-2-7-11-15)19-18(22)23-13-14-8-4-3-5-9-14/h3-5,8-9,15-16H,1-2,6-7,10-13H2,(H,19,22)(H,20,21)/t16-/m0/s1. The minimum atomic E-state index is -0.886. The first-order valence-corrected chi connectivity index (χ1v) is 8.34. The molecule has 5 heteroatoms. The van der Waals surface area contributed by atoms with Gasteiger partial charge in [-0.05, 0) is 24.3 Å². The van der Waals surface area contributed by atoms with E-state index in [-0.39, 0.29) is 25.0 Å². The van der Waals surface area contributed by atoms with Gasteiger partial charge in [-0.15, -0.1) is 0 Å². The lowest BCUT2D eigenvalue weighted by atomic mass is 9.90. The van der Waals surface area contributed by atoms with Crippen molar-refractivity contribution in [3.8, 4) is 0 Å². The number of hydrogen-bond acceptors (Lipinski definition) is 3. The number of carbonyl (C=O) groups excluding carboxylic acids is 1. The van der Waals surface area contributed by atoms with Crippen LogP contribution >= 0.6 is 0 Å². The van der Waals surface area contributed by atoms with Gasteiger partial charge < -0.3 is 15.2 Å². The number of nitrogens with one attached hydrogen (secondary N) is 1. The SMILES string of the molecule is O=C(O)C[C@H](NC(=O)OCc1ccccc1)C1CCCCCC1. The van der Waals surface area contributed by atoms with E-state index in [0.29, 0.717) is 0 Å². The zero-order valence-electron chi connectivity index (χ0n) is 13.4. The van der Waals surface area contributed by atoms with Gasteiger partial charge in [0.15, 0.2) is 0 Å². The van der Waals surface area contributed by atoms with Crippen molar-refractivity contribution >= 4 is 12.1 Å². The molecule has 1 amide bonds. The summed E-state index contributed by atoms with van der Waals surface area (Å²) < 4.78 is 5.22. The summed E-state index contributed by atoms with van der Waals surface area (Å²) in [6, 6.07) is 9.08. The van der Waals surface area contributed by atoms with Gasteiger partial charge in [0.25, 0.3) is 0 Å². The van der Waals surface area contributed by atoms with Crippen molar-refractivity contribution in [1.82, 2.24) is 5.32 Å². The predicted molar refractivity (Wildman–Crippen MR) is 87.0 cm³/mol. The summed E-state index contributed by atoms with van der Waals surface area (Å²) in [6.07, 6.45) is 5.93.